The van der Waals surface area contributed by atoms with Gasteiger partial charge in [0.15, 0.2) is 0 Å². The van der Waals surface area contributed by atoms with Crippen LogP contribution in [0.4, 0.5) is 21.0 Å². The number of amides is 4. The van der Waals surface area contributed by atoms with Crippen molar-refractivity contribution in [3.8, 4) is 0 Å². The molecule has 4 N–H and O–H groups in total. The van der Waals surface area contributed by atoms with Gasteiger partial charge in [-0.1, -0.05) is 115 Å². The van der Waals surface area contributed by atoms with Gasteiger partial charge in [0.25, 0.3) is 0 Å². The summed E-state index contributed by atoms with van der Waals surface area (Å²) in [5.74, 6) is -1.06. The standard InChI is InChI=1S/C44H62N4O6/c1-12-42(6,7)29-44(10,11)54-38(50)36(26-32-21-17-14-18-22-32)48-40(52)46-34-27-33(24-23-30(34)2)45-39(51)47-35(25-31-19-15-13-16-20-31)37(49)53-43(8,9)28-41(3,4)5/h13-24,27,35-36H,12,25-26,28-29H2,1-11H3,(H2,45,47,51)(H2,46,48,52)/t35-,36-/m0/s1. The van der Waals surface area contributed by atoms with Gasteiger partial charge in [-0.05, 0) is 87.1 Å². The number of rotatable bonds is 16. The Morgan fingerprint density at radius 3 is 1.50 bits per heavy atom. The Balaban J connectivity index is 1.75. The van der Waals surface area contributed by atoms with Gasteiger partial charge in [0, 0.05) is 24.2 Å². The van der Waals surface area contributed by atoms with Gasteiger partial charge in [-0.3, -0.25) is 0 Å². The predicted octanol–water partition coefficient (Wildman–Crippen LogP) is 9.37. The number of aryl methyl sites for hydroxylation is 1. The Morgan fingerprint density at radius 1 is 0.611 bits per heavy atom. The highest BCUT2D eigenvalue weighted by molar-refractivity contribution is 5.96. The average Bonchev–Trinajstić information content (AvgIpc) is 3.04. The average molecular weight is 743 g/mol. The number of anilines is 2. The topological polar surface area (TPSA) is 135 Å². The second-order valence-electron chi connectivity index (χ2n) is 17.5. The fourth-order valence-electron chi connectivity index (χ4n) is 6.88. The monoisotopic (exact) mass is 742 g/mol. The zero-order valence-electron chi connectivity index (χ0n) is 34.1. The fraction of sp³-hybridized carbons (Fsp3) is 0.500. The van der Waals surface area contributed by atoms with E-state index in [1.54, 1.807) is 18.2 Å². The first kappa shape index (κ1) is 43.5. The molecule has 0 fully saturated rings. The van der Waals surface area contributed by atoms with Crippen LogP contribution in [0.25, 0.3) is 0 Å². The van der Waals surface area contributed by atoms with Crippen LogP contribution in [0.2, 0.25) is 0 Å². The van der Waals surface area contributed by atoms with Crippen molar-refractivity contribution in [2.24, 2.45) is 10.8 Å². The molecule has 0 aliphatic rings. The van der Waals surface area contributed by atoms with Crippen LogP contribution in [-0.4, -0.2) is 47.3 Å². The van der Waals surface area contributed by atoms with E-state index in [2.05, 4.69) is 62.8 Å². The van der Waals surface area contributed by atoms with Gasteiger partial charge >= 0.3 is 24.0 Å². The summed E-state index contributed by atoms with van der Waals surface area (Å²) in [6.45, 7) is 22.0. The second kappa shape index (κ2) is 18.5. The van der Waals surface area contributed by atoms with E-state index < -0.39 is 47.3 Å². The molecule has 0 heterocycles. The van der Waals surface area contributed by atoms with Crippen LogP contribution in [0, 0.1) is 17.8 Å². The Kier molecular flexibility index (Phi) is 14.9. The Labute approximate surface area is 322 Å². The number of carbonyl (C=O) groups is 4. The lowest BCUT2D eigenvalue weighted by atomic mass is 9.80. The van der Waals surface area contributed by atoms with Crippen LogP contribution in [-0.2, 0) is 31.9 Å². The molecule has 54 heavy (non-hydrogen) atoms. The van der Waals surface area contributed by atoms with Gasteiger partial charge in [0.2, 0.25) is 0 Å². The summed E-state index contributed by atoms with van der Waals surface area (Å²) in [5.41, 5.74) is 1.65. The van der Waals surface area contributed by atoms with Crippen LogP contribution >= 0.6 is 0 Å². The summed E-state index contributed by atoms with van der Waals surface area (Å²) in [6.07, 6.45) is 2.68. The second-order valence-corrected chi connectivity index (χ2v) is 17.5. The molecule has 2 atom stereocenters. The third-order valence-corrected chi connectivity index (χ3v) is 9.06. The number of carbonyl (C=O) groups excluding carboxylic acids is 4. The number of esters is 2. The predicted molar refractivity (Wildman–Crippen MR) is 216 cm³/mol. The zero-order valence-corrected chi connectivity index (χ0v) is 34.1. The minimum absolute atomic E-state index is 0.0356. The van der Waals surface area contributed by atoms with Gasteiger partial charge < -0.3 is 30.7 Å². The third-order valence-electron chi connectivity index (χ3n) is 9.06. The molecule has 10 nitrogen and oxygen atoms in total. The van der Waals surface area contributed by atoms with Crippen LogP contribution < -0.4 is 21.3 Å². The van der Waals surface area contributed by atoms with Crippen molar-refractivity contribution in [2.75, 3.05) is 10.6 Å². The quantitative estimate of drug-likeness (QED) is 0.108. The van der Waals surface area contributed by atoms with Crippen molar-refractivity contribution < 1.29 is 28.7 Å². The largest absolute Gasteiger partial charge is 0.458 e. The van der Waals surface area contributed by atoms with Gasteiger partial charge in [-0.2, -0.15) is 0 Å². The third kappa shape index (κ3) is 15.2. The lowest BCUT2D eigenvalue weighted by Crippen LogP contribution is -2.48. The molecule has 0 aromatic heterocycles. The SMILES string of the molecule is CCC(C)(C)CC(C)(C)OC(=O)[C@H](Cc1ccccc1)NC(=O)Nc1cc(NC(=O)N[C@@H](Cc2ccccc2)C(=O)OC(C)(C)CC(C)(C)C)ccc1C. The lowest BCUT2D eigenvalue weighted by molar-refractivity contribution is -0.162. The summed E-state index contributed by atoms with van der Waals surface area (Å²) in [6, 6.07) is 20.8. The summed E-state index contributed by atoms with van der Waals surface area (Å²) in [5, 5.41) is 11.2. The van der Waals surface area contributed by atoms with E-state index >= 15 is 0 Å². The van der Waals surface area contributed by atoms with E-state index in [9.17, 15) is 19.2 Å². The van der Waals surface area contributed by atoms with Gasteiger partial charge in [-0.15, -0.1) is 0 Å². The molecule has 0 spiro atoms. The maximum Gasteiger partial charge on any atom is 0.329 e. The van der Waals surface area contributed by atoms with E-state index in [0.29, 0.717) is 24.2 Å². The van der Waals surface area contributed by atoms with E-state index in [0.717, 1.165) is 23.1 Å². The summed E-state index contributed by atoms with van der Waals surface area (Å²) < 4.78 is 12.0. The van der Waals surface area contributed by atoms with Crippen molar-refractivity contribution in [3.05, 3.63) is 95.6 Å². The molecule has 294 valence electrons. The maximum atomic E-state index is 13.6. The molecule has 0 aliphatic carbocycles. The van der Waals surface area contributed by atoms with Crippen LogP contribution in [0.15, 0.2) is 78.9 Å². The highest BCUT2D eigenvalue weighted by Gasteiger charge is 2.35. The van der Waals surface area contributed by atoms with Crippen LogP contribution in [0.1, 0.15) is 105 Å². The highest BCUT2D eigenvalue weighted by atomic mass is 16.6. The molecule has 3 aromatic carbocycles. The van der Waals surface area contributed by atoms with E-state index in [-0.39, 0.29) is 23.7 Å². The number of urea groups is 2. The Morgan fingerprint density at radius 2 is 1.06 bits per heavy atom. The van der Waals surface area contributed by atoms with Crippen molar-refractivity contribution >= 4 is 35.4 Å². The highest BCUT2D eigenvalue weighted by Crippen LogP contribution is 2.33. The molecule has 0 radical (unpaired) electrons. The lowest BCUT2D eigenvalue weighted by Gasteiger charge is -2.35. The number of hydrogen-bond acceptors (Lipinski definition) is 6. The van der Waals surface area contributed by atoms with Gasteiger partial charge in [0.05, 0.1) is 0 Å². The molecular weight excluding hydrogens is 681 g/mol. The van der Waals surface area contributed by atoms with Crippen molar-refractivity contribution in [2.45, 2.75) is 132 Å². The van der Waals surface area contributed by atoms with Gasteiger partial charge in [0.1, 0.15) is 23.3 Å². The first-order valence-corrected chi connectivity index (χ1v) is 18.8. The van der Waals surface area contributed by atoms with E-state index in [1.165, 1.54) is 0 Å². The molecule has 0 aliphatic heterocycles. The van der Waals surface area contributed by atoms with Crippen molar-refractivity contribution in [3.63, 3.8) is 0 Å². The van der Waals surface area contributed by atoms with Crippen LogP contribution in [0.5, 0.6) is 0 Å². The smallest absolute Gasteiger partial charge is 0.329 e. The zero-order chi connectivity index (χ0) is 40.3. The fourth-order valence-corrected chi connectivity index (χ4v) is 6.88. The molecule has 10 heteroatoms. The molecule has 0 saturated carbocycles. The van der Waals surface area contributed by atoms with Crippen molar-refractivity contribution in [1.82, 2.24) is 10.6 Å². The minimum Gasteiger partial charge on any atom is -0.458 e. The Hall–Kier alpha value is -4.86. The Bertz CT molecular complexity index is 1710. The summed E-state index contributed by atoms with van der Waals surface area (Å²) in [7, 11) is 0. The maximum absolute atomic E-state index is 13.6. The molecular formula is C44H62N4O6. The van der Waals surface area contributed by atoms with Crippen molar-refractivity contribution in [1.29, 1.82) is 0 Å². The minimum atomic E-state index is -0.960. The molecule has 4 amide bonds. The van der Waals surface area contributed by atoms with Crippen LogP contribution in [0.3, 0.4) is 0 Å². The molecule has 3 aromatic rings. The number of hydrogen-bond donors (Lipinski definition) is 4. The first-order valence-electron chi connectivity index (χ1n) is 18.8. The molecule has 0 bridgehead atoms. The van der Waals surface area contributed by atoms with Gasteiger partial charge in [-0.25, -0.2) is 19.2 Å². The van der Waals surface area contributed by atoms with E-state index in [1.807, 2.05) is 95.3 Å². The van der Waals surface area contributed by atoms with E-state index in [4.69, 9.17) is 9.47 Å². The number of benzene rings is 3. The summed E-state index contributed by atoms with van der Waals surface area (Å²) >= 11 is 0. The molecule has 3 rings (SSSR count). The number of nitrogens with one attached hydrogen (secondary N) is 4. The first-order chi connectivity index (χ1) is 25.1. The normalized spacial score (nSPS) is 13.2. The summed E-state index contributed by atoms with van der Waals surface area (Å²) in [4.78, 5) is 53.9. The molecule has 0 saturated heterocycles. The number of ether oxygens (including phenoxy) is 2. The molecule has 0 unspecified atom stereocenters.